The number of nitrogens with zero attached hydrogens (tertiary/aromatic N) is 1. The first-order chi connectivity index (χ1) is 8.54. The Hall–Kier alpha value is -0.610. The Labute approximate surface area is 111 Å². The van der Waals surface area contributed by atoms with Crippen molar-refractivity contribution in [1.29, 1.82) is 0 Å². The van der Waals surface area contributed by atoms with Crippen molar-refractivity contribution in [3.63, 3.8) is 0 Å². The average Bonchev–Trinajstić information content (AvgIpc) is 2.81. The fraction of sp³-hybridized carbons (Fsp3) is 0.929. The summed E-state index contributed by atoms with van der Waals surface area (Å²) in [6, 6.07) is 0.483. The highest BCUT2D eigenvalue weighted by Gasteiger charge is 2.24. The quantitative estimate of drug-likeness (QED) is 0.698. The number of aliphatic carboxylic acids is 1. The number of rotatable bonds is 8. The Balaban J connectivity index is 2.40. The van der Waals surface area contributed by atoms with E-state index in [2.05, 4.69) is 17.1 Å². The minimum Gasteiger partial charge on any atom is -0.480 e. The molecular formula is C14H28N2O2. The maximum absolute atomic E-state index is 11.2. The van der Waals surface area contributed by atoms with E-state index in [0.29, 0.717) is 12.5 Å². The van der Waals surface area contributed by atoms with Crippen molar-refractivity contribution >= 4 is 5.97 Å². The van der Waals surface area contributed by atoms with Gasteiger partial charge in [-0.15, -0.1) is 0 Å². The fourth-order valence-corrected chi connectivity index (χ4v) is 2.84. The van der Waals surface area contributed by atoms with Crippen LogP contribution in [-0.4, -0.2) is 47.2 Å². The van der Waals surface area contributed by atoms with E-state index in [0.717, 1.165) is 13.1 Å². The molecule has 1 fully saturated rings. The summed E-state index contributed by atoms with van der Waals surface area (Å²) in [5.41, 5.74) is 0. The number of carboxylic acids is 1. The molecule has 0 aliphatic heterocycles. The molecule has 0 bridgehead atoms. The van der Waals surface area contributed by atoms with Gasteiger partial charge in [0.05, 0.1) is 0 Å². The third-order valence-corrected chi connectivity index (χ3v) is 3.78. The van der Waals surface area contributed by atoms with Crippen LogP contribution in [0.5, 0.6) is 0 Å². The van der Waals surface area contributed by atoms with Crippen LogP contribution in [0, 0.1) is 0 Å². The highest BCUT2D eigenvalue weighted by Crippen LogP contribution is 2.23. The molecule has 1 saturated carbocycles. The Bertz CT molecular complexity index is 250. The fourth-order valence-electron chi connectivity index (χ4n) is 2.84. The molecule has 0 aromatic carbocycles. The maximum atomic E-state index is 11.2. The smallest absolute Gasteiger partial charge is 0.320 e. The molecule has 4 heteroatoms. The van der Waals surface area contributed by atoms with Crippen molar-refractivity contribution in [3.8, 4) is 0 Å². The lowest BCUT2D eigenvalue weighted by Gasteiger charge is -2.29. The van der Waals surface area contributed by atoms with Crippen LogP contribution < -0.4 is 5.32 Å². The van der Waals surface area contributed by atoms with Gasteiger partial charge < -0.3 is 15.3 Å². The minimum absolute atomic E-state index is 0.215. The summed E-state index contributed by atoms with van der Waals surface area (Å²) < 4.78 is 0. The van der Waals surface area contributed by atoms with E-state index in [1.165, 1.54) is 25.7 Å². The lowest BCUT2D eigenvalue weighted by atomic mass is 10.1. The molecule has 0 radical (unpaired) electrons. The standard InChI is InChI=1S/C14H28N2O2/c1-4-16(12-7-5-6-8-12)10-9-13(14(17)18)15-11(2)3/h11-13,15H,4-10H2,1-3H3,(H,17,18). The molecule has 0 saturated heterocycles. The van der Waals surface area contributed by atoms with Crippen LogP contribution in [-0.2, 0) is 4.79 Å². The zero-order chi connectivity index (χ0) is 13.5. The largest absolute Gasteiger partial charge is 0.480 e. The van der Waals surface area contributed by atoms with Crippen molar-refractivity contribution in [2.75, 3.05) is 13.1 Å². The van der Waals surface area contributed by atoms with E-state index < -0.39 is 12.0 Å². The van der Waals surface area contributed by atoms with Gasteiger partial charge in [-0.05, 0) is 25.8 Å². The third-order valence-electron chi connectivity index (χ3n) is 3.78. The second-order valence-electron chi connectivity index (χ2n) is 5.57. The summed E-state index contributed by atoms with van der Waals surface area (Å²) in [7, 11) is 0. The molecular weight excluding hydrogens is 228 g/mol. The van der Waals surface area contributed by atoms with Gasteiger partial charge in [-0.1, -0.05) is 33.6 Å². The number of carboxylic acid groups (broad SMARTS) is 1. The van der Waals surface area contributed by atoms with Crippen LogP contribution in [0.1, 0.15) is 52.9 Å². The van der Waals surface area contributed by atoms with Crippen LogP contribution in [0.2, 0.25) is 0 Å². The number of hydrogen-bond donors (Lipinski definition) is 2. The Kier molecular flexibility index (Phi) is 6.65. The second-order valence-corrected chi connectivity index (χ2v) is 5.57. The van der Waals surface area contributed by atoms with Crippen molar-refractivity contribution < 1.29 is 9.90 Å². The van der Waals surface area contributed by atoms with Crippen molar-refractivity contribution in [3.05, 3.63) is 0 Å². The molecule has 1 aliphatic rings. The molecule has 4 nitrogen and oxygen atoms in total. The molecule has 1 rings (SSSR count). The Morgan fingerprint density at radius 3 is 2.44 bits per heavy atom. The summed E-state index contributed by atoms with van der Waals surface area (Å²) >= 11 is 0. The van der Waals surface area contributed by atoms with Crippen molar-refractivity contribution in [1.82, 2.24) is 10.2 Å². The van der Waals surface area contributed by atoms with Gasteiger partial charge in [-0.3, -0.25) is 4.79 Å². The molecule has 0 heterocycles. The molecule has 0 aromatic rings. The third kappa shape index (κ3) is 4.94. The molecule has 18 heavy (non-hydrogen) atoms. The molecule has 1 aliphatic carbocycles. The molecule has 0 aromatic heterocycles. The van der Waals surface area contributed by atoms with Gasteiger partial charge in [0.1, 0.15) is 6.04 Å². The summed E-state index contributed by atoms with van der Waals surface area (Å²) in [5, 5.41) is 12.3. The van der Waals surface area contributed by atoms with Crippen LogP contribution >= 0.6 is 0 Å². The van der Waals surface area contributed by atoms with E-state index in [9.17, 15) is 9.90 Å². The lowest BCUT2D eigenvalue weighted by molar-refractivity contribution is -0.140. The summed E-state index contributed by atoms with van der Waals surface area (Å²) in [5.74, 6) is -0.730. The number of carbonyl (C=O) groups is 1. The van der Waals surface area contributed by atoms with Crippen LogP contribution in [0.15, 0.2) is 0 Å². The number of hydrogen-bond acceptors (Lipinski definition) is 3. The highest BCUT2D eigenvalue weighted by molar-refractivity contribution is 5.73. The molecule has 106 valence electrons. The maximum Gasteiger partial charge on any atom is 0.320 e. The Morgan fingerprint density at radius 2 is 2.00 bits per heavy atom. The number of nitrogens with one attached hydrogen (secondary N) is 1. The summed E-state index contributed by atoms with van der Waals surface area (Å²) in [4.78, 5) is 13.6. The van der Waals surface area contributed by atoms with Gasteiger partial charge in [0.25, 0.3) is 0 Å². The van der Waals surface area contributed by atoms with Crippen molar-refractivity contribution in [2.45, 2.75) is 71.0 Å². The molecule has 1 atom stereocenters. The summed E-state index contributed by atoms with van der Waals surface area (Å²) in [6.07, 6.45) is 5.91. The van der Waals surface area contributed by atoms with Crippen molar-refractivity contribution in [2.24, 2.45) is 0 Å². The molecule has 0 spiro atoms. The zero-order valence-corrected chi connectivity index (χ0v) is 12.0. The summed E-state index contributed by atoms with van der Waals surface area (Å²) in [6.45, 7) is 8.06. The van der Waals surface area contributed by atoms with Gasteiger partial charge in [0.2, 0.25) is 0 Å². The van der Waals surface area contributed by atoms with E-state index in [4.69, 9.17) is 0 Å². The molecule has 2 N–H and O–H groups in total. The first-order valence-corrected chi connectivity index (χ1v) is 7.27. The first-order valence-electron chi connectivity index (χ1n) is 7.27. The van der Waals surface area contributed by atoms with Gasteiger partial charge in [0.15, 0.2) is 0 Å². The molecule has 1 unspecified atom stereocenters. The van der Waals surface area contributed by atoms with Gasteiger partial charge in [-0.2, -0.15) is 0 Å². The van der Waals surface area contributed by atoms with Crippen LogP contribution in [0.4, 0.5) is 0 Å². The predicted molar refractivity (Wildman–Crippen MR) is 73.8 cm³/mol. The topological polar surface area (TPSA) is 52.6 Å². The van der Waals surface area contributed by atoms with E-state index in [1.807, 2.05) is 13.8 Å². The van der Waals surface area contributed by atoms with Crippen LogP contribution in [0.25, 0.3) is 0 Å². The van der Waals surface area contributed by atoms with E-state index in [1.54, 1.807) is 0 Å². The van der Waals surface area contributed by atoms with E-state index >= 15 is 0 Å². The second kappa shape index (κ2) is 7.74. The average molecular weight is 256 g/mol. The van der Waals surface area contributed by atoms with Gasteiger partial charge in [0, 0.05) is 18.6 Å². The van der Waals surface area contributed by atoms with E-state index in [-0.39, 0.29) is 6.04 Å². The SMILES string of the molecule is CCN(CCC(NC(C)C)C(=O)O)C1CCCC1. The monoisotopic (exact) mass is 256 g/mol. The normalized spacial score (nSPS) is 18.7. The predicted octanol–water partition coefficient (Wildman–Crippen LogP) is 2.09. The van der Waals surface area contributed by atoms with Crippen LogP contribution in [0.3, 0.4) is 0 Å². The minimum atomic E-state index is -0.730. The van der Waals surface area contributed by atoms with Gasteiger partial charge >= 0.3 is 5.97 Å². The molecule has 0 amide bonds. The highest BCUT2D eigenvalue weighted by atomic mass is 16.4. The zero-order valence-electron chi connectivity index (χ0n) is 12.0. The van der Waals surface area contributed by atoms with Gasteiger partial charge in [-0.25, -0.2) is 0 Å². The lowest BCUT2D eigenvalue weighted by Crippen LogP contribution is -2.44. The first kappa shape index (κ1) is 15.4. The Morgan fingerprint density at radius 1 is 1.39 bits per heavy atom.